The molecule has 20 heavy (non-hydrogen) atoms. The molecule has 2 N–H and O–H groups in total. The van der Waals surface area contributed by atoms with E-state index < -0.39 is 0 Å². The van der Waals surface area contributed by atoms with Crippen molar-refractivity contribution < 1.29 is 4.79 Å². The van der Waals surface area contributed by atoms with Gasteiger partial charge in [0.25, 0.3) is 0 Å². The Labute approximate surface area is 124 Å². The molecule has 0 aromatic rings. The van der Waals surface area contributed by atoms with Gasteiger partial charge in [-0.3, -0.25) is 4.79 Å². The molecule has 2 aliphatic rings. The predicted molar refractivity (Wildman–Crippen MR) is 83.6 cm³/mol. The molecule has 0 aromatic heterocycles. The fourth-order valence-corrected chi connectivity index (χ4v) is 4.07. The molecular formula is C17H32N2O. The minimum atomic E-state index is -0.134. The molecule has 1 heterocycles. The van der Waals surface area contributed by atoms with Crippen LogP contribution in [0.15, 0.2) is 0 Å². The van der Waals surface area contributed by atoms with E-state index in [1.807, 2.05) is 0 Å². The van der Waals surface area contributed by atoms with Crippen molar-refractivity contribution in [3.8, 4) is 0 Å². The van der Waals surface area contributed by atoms with Gasteiger partial charge in [0.2, 0.25) is 5.91 Å². The highest BCUT2D eigenvalue weighted by Gasteiger charge is 2.38. The molecule has 1 aliphatic carbocycles. The van der Waals surface area contributed by atoms with Crippen LogP contribution >= 0.6 is 0 Å². The molecule has 3 atom stereocenters. The first-order valence-electron chi connectivity index (χ1n) is 8.67. The average Bonchev–Trinajstić information content (AvgIpc) is 2.47. The number of piperidine rings is 1. The molecule has 0 aromatic carbocycles. The van der Waals surface area contributed by atoms with Gasteiger partial charge in [-0.05, 0) is 44.1 Å². The molecular weight excluding hydrogens is 248 g/mol. The highest BCUT2D eigenvalue weighted by atomic mass is 16.2. The summed E-state index contributed by atoms with van der Waals surface area (Å²) in [4.78, 5) is 12.7. The molecule has 1 amide bonds. The summed E-state index contributed by atoms with van der Waals surface area (Å²) in [5.41, 5.74) is -0.134. The number of nitrogens with one attached hydrogen (secondary N) is 2. The SMILES string of the molecule is CCCC1(C(=O)NCC2CCCCC2C)CCCNC1. The summed E-state index contributed by atoms with van der Waals surface area (Å²) in [6, 6.07) is 0. The third kappa shape index (κ3) is 3.75. The van der Waals surface area contributed by atoms with Gasteiger partial charge >= 0.3 is 0 Å². The van der Waals surface area contributed by atoms with Gasteiger partial charge in [-0.2, -0.15) is 0 Å². The maximum Gasteiger partial charge on any atom is 0.227 e. The summed E-state index contributed by atoms with van der Waals surface area (Å²) in [5.74, 6) is 1.78. The number of rotatable bonds is 5. The molecule has 0 radical (unpaired) electrons. The van der Waals surface area contributed by atoms with Crippen molar-refractivity contribution in [3.63, 3.8) is 0 Å². The third-order valence-corrected chi connectivity index (χ3v) is 5.50. The van der Waals surface area contributed by atoms with E-state index in [0.29, 0.717) is 11.8 Å². The number of carbonyl (C=O) groups excluding carboxylic acids is 1. The van der Waals surface area contributed by atoms with E-state index in [2.05, 4.69) is 24.5 Å². The van der Waals surface area contributed by atoms with E-state index >= 15 is 0 Å². The first-order chi connectivity index (χ1) is 9.68. The van der Waals surface area contributed by atoms with Gasteiger partial charge in [0.1, 0.15) is 0 Å². The largest absolute Gasteiger partial charge is 0.355 e. The Morgan fingerprint density at radius 1 is 1.30 bits per heavy atom. The Morgan fingerprint density at radius 3 is 2.75 bits per heavy atom. The number of carbonyl (C=O) groups is 1. The zero-order valence-electron chi connectivity index (χ0n) is 13.3. The minimum absolute atomic E-state index is 0.134. The van der Waals surface area contributed by atoms with Crippen molar-refractivity contribution >= 4 is 5.91 Å². The normalized spacial score (nSPS) is 34.7. The molecule has 3 nitrogen and oxygen atoms in total. The lowest BCUT2D eigenvalue weighted by molar-refractivity contribution is -0.133. The van der Waals surface area contributed by atoms with Gasteiger partial charge in [0.05, 0.1) is 5.41 Å². The van der Waals surface area contributed by atoms with Crippen LogP contribution < -0.4 is 10.6 Å². The summed E-state index contributed by atoms with van der Waals surface area (Å²) < 4.78 is 0. The van der Waals surface area contributed by atoms with Gasteiger partial charge in [0.15, 0.2) is 0 Å². The van der Waals surface area contributed by atoms with Gasteiger partial charge in [-0.25, -0.2) is 0 Å². The second-order valence-electron chi connectivity index (χ2n) is 7.04. The van der Waals surface area contributed by atoms with Crippen molar-refractivity contribution in [1.82, 2.24) is 10.6 Å². The van der Waals surface area contributed by atoms with Crippen LogP contribution in [-0.2, 0) is 4.79 Å². The molecule has 1 aliphatic heterocycles. The maximum atomic E-state index is 12.7. The van der Waals surface area contributed by atoms with Crippen molar-refractivity contribution in [1.29, 1.82) is 0 Å². The van der Waals surface area contributed by atoms with E-state index in [4.69, 9.17) is 0 Å². The fraction of sp³-hybridized carbons (Fsp3) is 0.941. The zero-order valence-corrected chi connectivity index (χ0v) is 13.3. The lowest BCUT2D eigenvalue weighted by atomic mass is 9.75. The molecule has 0 bridgehead atoms. The highest BCUT2D eigenvalue weighted by molar-refractivity contribution is 5.83. The molecule has 3 heteroatoms. The Bertz CT molecular complexity index is 305. The first kappa shape index (κ1) is 15.8. The average molecular weight is 280 g/mol. The van der Waals surface area contributed by atoms with E-state index in [1.165, 1.54) is 25.7 Å². The second kappa shape index (κ2) is 7.44. The third-order valence-electron chi connectivity index (χ3n) is 5.50. The Kier molecular flexibility index (Phi) is 5.88. The first-order valence-corrected chi connectivity index (χ1v) is 8.67. The summed E-state index contributed by atoms with van der Waals surface area (Å²) in [6.45, 7) is 7.36. The lowest BCUT2D eigenvalue weighted by Gasteiger charge is -2.37. The summed E-state index contributed by atoms with van der Waals surface area (Å²) in [7, 11) is 0. The van der Waals surface area contributed by atoms with Crippen LogP contribution in [0.2, 0.25) is 0 Å². The van der Waals surface area contributed by atoms with Crippen molar-refractivity contribution in [2.45, 2.75) is 65.2 Å². The van der Waals surface area contributed by atoms with Gasteiger partial charge < -0.3 is 10.6 Å². The minimum Gasteiger partial charge on any atom is -0.355 e. The van der Waals surface area contributed by atoms with Gasteiger partial charge in [0, 0.05) is 13.1 Å². The van der Waals surface area contributed by atoms with Crippen LogP contribution in [-0.4, -0.2) is 25.5 Å². The summed E-state index contributed by atoms with van der Waals surface area (Å²) >= 11 is 0. The standard InChI is InChI=1S/C17H32N2O/c1-3-9-17(10-6-11-18-13-17)16(20)19-12-15-8-5-4-7-14(15)2/h14-15,18H,3-13H2,1-2H3,(H,19,20). The second-order valence-corrected chi connectivity index (χ2v) is 7.04. The van der Waals surface area contributed by atoms with Crippen molar-refractivity contribution in [2.75, 3.05) is 19.6 Å². The van der Waals surface area contributed by atoms with E-state index in [-0.39, 0.29) is 5.41 Å². The summed E-state index contributed by atoms with van der Waals surface area (Å²) in [5, 5.41) is 6.73. The Balaban J connectivity index is 1.87. The van der Waals surface area contributed by atoms with Gasteiger partial charge in [-0.15, -0.1) is 0 Å². The van der Waals surface area contributed by atoms with Crippen LogP contribution in [0, 0.1) is 17.3 Å². The van der Waals surface area contributed by atoms with E-state index in [1.54, 1.807) is 0 Å². The lowest BCUT2D eigenvalue weighted by Crippen LogP contribution is -2.51. The smallest absolute Gasteiger partial charge is 0.227 e. The highest BCUT2D eigenvalue weighted by Crippen LogP contribution is 2.33. The van der Waals surface area contributed by atoms with Crippen LogP contribution in [0.1, 0.15) is 65.2 Å². The summed E-state index contributed by atoms with van der Waals surface area (Å²) in [6.07, 6.45) is 9.64. The monoisotopic (exact) mass is 280 g/mol. The van der Waals surface area contributed by atoms with Crippen LogP contribution in [0.5, 0.6) is 0 Å². The van der Waals surface area contributed by atoms with E-state index in [0.717, 1.165) is 51.2 Å². The topological polar surface area (TPSA) is 41.1 Å². The zero-order chi connectivity index (χ0) is 14.4. The van der Waals surface area contributed by atoms with Crippen LogP contribution in [0.4, 0.5) is 0 Å². The molecule has 2 fully saturated rings. The Morgan fingerprint density at radius 2 is 2.10 bits per heavy atom. The molecule has 116 valence electrons. The molecule has 3 unspecified atom stereocenters. The molecule has 2 rings (SSSR count). The molecule has 1 saturated carbocycles. The van der Waals surface area contributed by atoms with Crippen molar-refractivity contribution in [2.24, 2.45) is 17.3 Å². The van der Waals surface area contributed by atoms with Crippen LogP contribution in [0.3, 0.4) is 0 Å². The number of hydrogen-bond donors (Lipinski definition) is 2. The maximum absolute atomic E-state index is 12.7. The molecule has 0 spiro atoms. The van der Waals surface area contributed by atoms with Crippen molar-refractivity contribution in [3.05, 3.63) is 0 Å². The molecule has 1 saturated heterocycles. The Hall–Kier alpha value is -0.570. The fourth-order valence-electron chi connectivity index (χ4n) is 4.07. The van der Waals surface area contributed by atoms with Crippen LogP contribution in [0.25, 0.3) is 0 Å². The predicted octanol–water partition coefficient (Wildman–Crippen LogP) is 3.10. The number of hydrogen-bond acceptors (Lipinski definition) is 2. The quantitative estimate of drug-likeness (QED) is 0.812. The van der Waals surface area contributed by atoms with E-state index in [9.17, 15) is 4.79 Å². The van der Waals surface area contributed by atoms with Gasteiger partial charge in [-0.1, -0.05) is 39.5 Å². The number of amides is 1.